The Hall–Kier alpha value is -2.28. The normalized spacial score (nSPS) is 26.0. The molecule has 0 saturated carbocycles. The fourth-order valence-corrected chi connectivity index (χ4v) is 5.76. The summed E-state index contributed by atoms with van der Waals surface area (Å²) in [4.78, 5) is 28.0. The number of fused-ring (bicyclic) bond motifs is 3. The lowest BCUT2D eigenvalue weighted by Crippen LogP contribution is -2.53. The molecule has 3 heterocycles. The van der Waals surface area contributed by atoms with E-state index >= 15 is 0 Å². The summed E-state index contributed by atoms with van der Waals surface area (Å²) < 4.78 is 11.7. The smallest absolute Gasteiger partial charge is 0.261 e. The summed E-state index contributed by atoms with van der Waals surface area (Å²) in [6.45, 7) is 1.65. The second-order valence-corrected chi connectivity index (χ2v) is 10.2. The number of nitrogens with one attached hydrogen (secondary N) is 1. The van der Waals surface area contributed by atoms with E-state index in [-0.39, 0.29) is 24.2 Å². The van der Waals surface area contributed by atoms with Crippen LogP contribution in [0, 0.1) is 0 Å². The number of piperidine rings is 1. The van der Waals surface area contributed by atoms with Gasteiger partial charge in [-0.1, -0.05) is 23.2 Å². The Kier molecular flexibility index (Phi) is 7.00. The van der Waals surface area contributed by atoms with Crippen LogP contribution in [0.3, 0.4) is 0 Å². The van der Waals surface area contributed by atoms with Gasteiger partial charge in [0.05, 0.1) is 18.6 Å². The van der Waals surface area contributed by atoms with Crippen molar-refractivity contribution in [3.8, 4) is 11.5 Å². The van der Waals surface area contributed by atoms with Crippen LogP contribution in [0.25, 0.3) is 0 Å². The van der Waals surface area contributed by atoms with Gasteiger partial charge in [-0.2, -0.15) is 0 Å². The maximum Gasteiger partial charge on any atom is 0.261 e. The first-order valence-corrected chi connectivity index (χ1v) is 12.7. The lowest BCUT2D eigenvalue weighted by atomic mass is 9.95. The SMILES string of the molecule is O=C1CC(C(=O)N[C@H]2C[C@H]3CC[C@@H](C2)N3CCCOc2ccc(Cl)cc2)Oc2ccc(Cl)cc21. The van der Waals surface area contributed by atoms with E-state index in [4.69, 9.17) is 32.7 Å². The summed E-state index contributed by atoms with van der Waals surface area (Å²) in [7, 11) is 0. The number of halogens is 2. The molecule has 4 atom stereocenters. The molecule has 2 aromatic rings. The summed E-state index contributed by atoms with van der Waals surface area (Å²) in [5.41, 5.74) is 0.447. The minimum atomic E-state index is -0.790. The maximum absolute atomic E-state index is 12.9. The number of hydrogen-bond acceptors (Lipinski definition) is 5. The quantitative estimate of drug-likeness (QED) is 0.544. The fraction of sp³-hybridized carbons (Fsp3) is 0.462. The van der Waals surface area contributed by atoms with Gasteiger partial charge in [0.15, 0.2) is 11.9 Å². The largest absolute Gasteiger partial charge is 0.494 e. The Labute approximate surface area is 209 Å². The molecule has 1 N–H and O–H groups in total. The number of carbonyl (C=O) groups is 2. The number of carbonyl (C=O) groups excluding carboxylic acids is 2. The zero-order valence-electron chi connectivity index (χ0n) is 18.8. The Balaban J connectivity index is 1.10. The average molecular weight is 503 g/mol. The van der Waals surface area contributed by atoms with Crippen LogP contribution in [-0.4, -0.2) is 54.0 Å². The van der Waals surface area contributed by atoms with E-state index in [0.29, 0.717) is 40.0 Å². The van der Waals surface area contributed by atoms with Crippen LogP contribution in [-0.2, 0) is 4.79 Å². The molecule has 180 valence electrons. The highest BCUT2D eigenvalue weighted by Crippen LogP contribution is 2.36. The monoisotopic (exact) mass is 502 g/mol. The summed E-state index contributed by atoms with van der Waals surface area (Å²) in [5, 5.41) is 4.35. The van der Waals surface area contributed by atoms with Crippen LogP contribution in [0.4, 0.5) is 0 Å². The zero-order chi connectivity index (χ0) is 23.7. The van der Waals surface area contributed by atoms with Gasteiger partial charge in [0.2, 0.25) is 0 Å². The van der Waals surface area contributed by atoms with Crippen LogP contribution in [0.1, 0.15) is 48.9 Å². The predicted molar refractivity (Wildman–Crippen MR) is 131 cm³/mol. The summed E-state index contributed by atoms with van der Waals surface area (Å²) in [6.07, 6.45) is 4.36. The number of ether oxygens (including phenoxy) is 2. The van der Waals surface area contributed by atoms with Gasteiger partial charge in [-0.15, -0.1) is 0 Å². The molecule has 5 rings (SSSR count). The lowest BCUT2D eigenvalue weighted by Gasteiger charge is -2.39. The highest BCUT2D eigenvalue weighted by molar-refractivity contribution is 6.31. The molecule has 0 aromatic heterocycles. The van der Waals surface area contributed by atoms with Crippen LogP contribution in [0.5, 0.6) is 11.5 Å². The van der Waals surface area contributed by atoms with Crippen molar-refractivity contribution in [2.24, 2.45) is 0 Å². The second-order valence-electron chi connectivity index (χ2n) is 9.33. The first kappa shape index (κ1) is 23.5. The molecule has 3 aliphatic rings. The van der Waals surface area contributed by atoms with Gasteiger partial charge in [-0.3, -0.25) is 14.5 Å². The Morgan fingerprint density at radius 2 is 1.76 bits per heavy atom. The molecular formula is C26H28Cl2N2O4. The van der Waals surface area contributed by atoms with Crippen molar-refractivity contribution in [1.82, 2.24) is 10.2 Å². The third-order valence-electron chi connectivity index (χ3n) is 7.05. The molecular weight excluding hydrogens is 475 g/mol. The van der Waals surface area contributed by atoms with Crippen molar-refractivity contribution in [3.05, 3.63) is 58.1 Å². The standard InChI is InChI=1S/C26H28Cl2N2O4/c27-16-2-7-21(8-3-16)33-11-1-10-30-19-5-6-20(30)14-18(13-19)29-26(32)25-15-23(31)22-12-17(28)4-9-24(22)34-25/h2-4,7-9,12,18-20,25H,1,5-6,10-11,13-15H2,(H,29,32)/t18-,19+,20-,25?. The molecule has 0 aliphatic carbocycles. The summed E-state index contributed by atoms with van der Waals surface area (Å²) >= 11 is 11.9. The highest BCUT2D eigenvalue weighted by atomic mass is 35.5. The third kappa shape index (κ3) is 5.19. The number of benzene rings is 2. The van der Waals surface area contributed by atoms with Crippen molar-refractivity contribution in [2.45, 2.75) is 62.8 Å². The minimum absolute atomic E-state index is 0.0402. The van der Waals surface area contributed by atoms with Crippen LogP contribution in [0.2, 0.25) is 10.0 Å². The fourth-order valence-electron chi connectivity index (χ4n) is 5.46. The first-order chi connectivity index (χ1) is 16.5. The van der Waals surface area contributed by atoms with Crippen molar-refractivity contribution in [3.63, 3.8) is 0 Å². The minimum Gasteiger partial charge on any atom is -0.494 e. The molecule has 0 radical (unpaired) electrons. The Morgan fingerprint density at radius 1 is 1.06 bits per heavy atom. The first-order valence-electron chi connectivity index (χ1n) is 11.9. The number of hydrogen-bond donors (Lipinski definition) is 1. The van der Waals surface area contributed by atoms with E-state index in [1.807, 2.05) is 24.3 Å². The van der Waals surface area contributed by atoms with Crippen LogP contribution < -0.4 is 14.8 Å². The van der Waals surface area contributed by atoms with Gasteiger partial charge in [0.1, 0.15) is 11.5 Å². The number of Topliss-reactive ketones (excluding diaryl/α,β-unsaturated/α-hetero) is 1. The Morgan fingerprint density at radius 3 is 2.50 bits per heavy atom. The topological polar surface area (TPSA) is 67.9 Å². The molecule has 0 spiro atoms. The van der Waals surface area contributed by atoms with E-state index < -0.39 is 6.10 Å². The Bertz CT molecular complexity index is 1050. The van der Waals surface area contributed by atoms with Crippen LogP contribution >= 0.6 is 23.2 Å². The summed E-state index contributed by atoms with van der Waals surface area (Å²) in [5.74, 6) is 0.946. The lowest BCUT2D eigenvalue weighted by molar-refractivity contribution is -0.129. The average Bonchev–Trinajstić information content (AvgIpc) is 3.06. The van der Waals surface area contributed by atoms with E-state index in [9.17, 15) is 9.59 Å². The van der Waals surface area contributed by atoms with E-state index in [2.05, 4.69) is 10.2 Å². The van der Waals surface area contributed by atoms with Crippen molar-refractivity contribution < 1.29 is 19.1 Å². The predicted octanol–water partition coefficient (Wildman–Crippen LogP) is 4.91. The van der Waals surface area contributed by atoms with Crippen molar-refractivity contribution >= 4 is 34.9 Å². The molecule has 2 aromatic carbocycles. The van der Waals surface area contributed by atoms with Gasteiger partial charge in [-0.05, 0) is 74.6 Å². The molecule has 6 nitrogen and oxygen atoms in total. The second kappa shape index (κ2) is 10.1. The van der Waals surface area contributed by atoms with Gasteiger partial charge in [0.25, 0.3) is 5.91 Å². The number of nitrogens with zero attached hydrogens (tertiary/aromatic N) is 1. The maximum atomic E-state index is 12.9. The third-order valence-corrected chi connectivity index (χ3v) is 7.54. The van der Waals surface area contributed by atoms with E-state index in [1.54, 1.807) is 18.2 Å². The van der Waals surface area contributed by atoms with E-state index in [0.717, 1.165) is 44.4 Å². The molecule has 1 amide bonds. The van der Waals surface area contributed by atoms with Gasteiger partial charge in [-0.25, -0.2) is 0 Å². The number of ketones is 1. The molecule has 2 saturated heterocycles. The van der Waals surface area contributed by atoms with E-state index in [1.165, 1.54) is 0 Å². The van der Waals surface area contributed by atoms with Crippen molar-refractivity contribution in [2.75, 3.05) is 13.2 Å². The number of amides is 1. The number of rotatable bonds is 7. The van der Waals surface area contributed by atoms with Crippen molar-refractivity contribution in [1.29, 1.82) is 0 Å². The van der Waals surface area contributed by atoms with Crippen LogP contribution in [0.15, 0.2) is 42.5 Å². The highest BCUT2D eigenvalue weighted by Gasteiger charge is 2.41. The van der Waals surface area contributed by atoms with Gasteiger partial charge >= 0.3 is 0 Å². The molecule has 2 fully saturated rings. The summed E-state index contributed by atoms with van der Waals surface area (Å²) in [6, 6.07) is 13.4. The molecule has 1 unspecified atom stereocenters. The molecule has 8 heteroatoms. The molecule has 2 bridgehead atoms. The molecule has 34 heavy (non-hydrogen) atoms. The molecule has 3 aliphatic heterocycles. The van der Waals surface area contributed by atoms with Gasteiger partial charge in [0, 0.05) is 34.7 Å². The van der Waals surface area contributed by atoms with Gasteiger partial charge < -0.3 is 14.8 Å². The zero-order valence-corrected chi connectivity index (χ0v) is 20.4.